The molecule has 0 bridgehead atoms. The van der Waals surface area contributed by atoms with Gasteiger partial charge in [-0.1, -0.05) is 73.5 Å². The standard InChI is InChI=1S/C24H26N2O4/c27-21(25-15-17-9-3-1-4-10-17)19-20(24(30)13-7-8-14-24)23(29)26(22(19)28)16-18-11-5-2-6-12-18/h1-6,9-12,19-20,30H,7-8,13-16H2,(H,25,27)/t19-,20+/m0/s1. The fraction of sp³-hybridized carbons (Fsp3) is 0.375. The van der Waals surface area contributed by atoms with Crippen LogP contribution in [0.4, 0.5) is 0 Å². The van der Waals surface area contributed by atoms with Crippen molar-refractivity contribution in [2.45, 2.75) is 44.4 Å². The molecule has 1 saturated carbocycles. The molecular formula is C24H26N2O4. The Labute approximate surface area is 175 Å². The number of benzene rings is 2. The smallest absolute Gasteiger partial charge is 0.243 e. The van der Waals surface area contributed by atoms with Gasteiger partial charge in [-0.3, -0.25) is 19.3 Å². The predicted molar refractivity (Wildman–Crippen MR) is 111 cm³/mol. The van der Waals surface area contributed by atoms with Crippen LogP contribution in [0.3, 0.4) is 0 Å². The summed E-state index contributed by atoms with van der Waals surface area (Å²) in [5, 5.41) is 14.0. The van der Waals surface area contributed by atoms with E-state index >= 15 is 0 Å². The van der Waals surface area contributed by atoms with Crippen molar-refractivity contribution in [3.8, 4) is 0 Å². The third-order valence-electron chi connectivity index (χ3n) is 6.22. The van der Waals surface area contributed by atoms with Crippen molar-refractivity contribution < 1.29 is 19.5 Å². The number of carbonyl (C=O) groups excluding carboxylic acids is 3. The van der Waals surface area contributed by atoms with Gasteiger partial charge in [0.25, 0.3) is 0 Å². The molecule has 30 heavy (non-hydrogen) atoms. The molecule has 2 fully saturated rings. The highest BCUT2D eigenvalue weighted by Crippen LogP contribution is 2.44. The summed E-state index contributed by atoms with van der Waals surface area (Å²) in [6.07, 6.45) is 2.42. The maximum Gasteiger partial charge on any atom is 0.243 e. The summed E-state index contributed by atoms with van der Waals surface area (Å²) >= 11 is 0. The Morgan fingerprint density at radius 1 is 0.933 bits per heavy atom. The normalized spacial score (nSPS) is 23.0. The molecule has 0 unspecified atom stereocenters. The number of aliphatic hydroxyl groups is 1. The van der Waals surface area contributed by atoms with Crippen LogP contribution in [-0.4, -0.2) is 33.3 Å². The zero-order chi connectivity index (χ0) is 21.1. The molecule has 3 amide bonds. The average molecular weight is 406 g/mol. The number of hydrogen-bond acceptors (Lipinski definition) is 4. The molecule has 0 spiro atoms. The lowest BCUT2D eigenvalue weighted by atomic mass is 9.78. The molecule has 1 aliphatic carbocycles. The molecule has 2 aromatic carbocycles. The highest BCUT2D eigenvalue weighted by atomic mass is 16.3. The second-order valence-electron chi connectivity index (χ2n) is 8.22. The van der Waals surface area contributed by atoms with Gasteiger partial charge in [0, 0.05) is 6.54 Å². The Balaban J connectivity index is 1.58. The molecule has 1 saturated heterocycles. The van der Waals surface area contributed by atoms with Crippen LogP contribution in [0.5, 0.6) is 0 Å². The van der Waals surface area contributed by atoms with Crippen LogP contribution >= 0.6 is 0 Å². The zero-order valence-electron chi connectivity index (χ0n) is 16.8. The Bertz CT molecular complexity index is 923. The summed E-state index contributed by atoms with van der Waals surface area (Å²) in [5.74, 6) is -3.72. The topological polar surface area (TPSA) is 86.7 Å². The second-order valence-corrected chi connectivity index (χ2v) is 8.22. The summed E-state index contributed by atoms with van der Waals surface area (Å²) in [4.78, 5) is 40.7. The molecule has 1 aliphatic heterocycles. The van der Waals surface area contributed by atoms with E-state index in [1.54, 1.807) is 0 Å². The number of nitrogens with one attached hydrogen (secondary N) is 1. The zero-order valence-corrected chi connectivity index (χ0v) is 16.8. The van der Waals surface area contributed by atoms with Crippen molar-refractivity contribution in [2.75, 3.05) is 0 Å². The van der Waals surface area contributed by atoms with Crippen LogP contribution in [-0.2, 0) is 27.5 Å². The van der Waals surface area contributed by atoms with E-state index in [-0.39, 0.29) is 13.1 Å². The maximum atomic E-state index is 13.3. The Morgan fingerprint density at radius 3 is 2.10 bits per heavy atom. The van der Waals surface area contributed by atoms with Gasteiger partial charge in [-0.15, -0.1) is 0 Å². The molecule has 0 radical (unpaired) electrons. The molecule has 4 rings (SSSR count). The molecule has 2 N–H and O–H groups in total. The number of nitrogens with zero attached hydrogens (tertiary/aromatic N) is 1. The minimum Gasteiger partial charge on any atom is -0.389 e. The second kappa shape index (κ2) is 8.40. The minimum absolute atomic E-state index is 0.105. The average Bonchev–Trinajstić information content (AvgIpc) is 3.31. The number of likely N-dealkylation sites (tertiary alicyclic amines) is 1. The first-order valence-corrected chi connectivity index (χ1v) is 10.4. The lowest BCUT2D eigenvalue weighted by Gasteiger charge is -2.30. The van der Waals surface area contributed by atoms with Crippen LogP contribution in [0.2, 0.25) is 0 Å². The summed E-state index contributed by atoms with van der Waals surface area (Å²) in [7, 11) is 0. The van der Waals surface area contributed by atoms with Crippen molar-refractivity contribution in [2.24, 2.45) is 11.8 Å². The van der Waals surface area contributed by atoms with E-state index in [1.807, 2.05) is 60.7 Å². The van der Waals surface area contributed by atoms with Crippen molar-refractivity contribution in [3.63, 3.8) is 0 Å². The fourth-order valence-electron chi connectivity index (χ4n) is 4.65. The van der Waals surface area contributed by atoms with Gasteiger partial charge in [-0.05, 0) is 24.0 Å². The number of carbonyl (C=O) groups is 3. The monoisotopic (exact) mass is 406 g/mol. The molecule has 1 heterocycles. The molecule has 2 aromatic rings. The summed E-state index contributed by atoms with van der Waals surface area (Å²) in [6, 6.07) is 18.6. The van der Waals surface area contributed by atoms with Crippen LogP contribution in [0.1, 0.15) is 36.8 Å². The van der Waals surface area contributed by atoms with Gasteiger partial charge < -0.3 is 10.4 Å². The van der Waals surface area contributed by atoms with Crippen molar-refractivity contribution >= 4 is 17.7 Å². The van der Waals surface area contributed by atoms with E-state index in [1.165, 1.54) is 0 Å². The fourth-order valence-corrected chi connectivity index (χ4v) is 4.65. The third kappa shape index (κ3) is 3.87. The van der Waals surface area contributed by atoms with Gasteiger partial charge in [0.2, 0.25) is 17.7 Å². The number of imide groups is 1. The molecule has 156 valence electrons. The van der Waals surface area contributed by atoms with E-state index in [9.17, 15) is 19.5 Å². The minimum atomic E-state index is -1.31. The van der Waals surface area contributed by atoms with Crippen molar-refractivity contribution in [3.05, 3.63) is 71.8 Å². The van der Waals surface area contributed by atoms with Crippen LogP contribution < -0.4 is 5.32 Å². The molecule has 2 aliphatic rings. The number of hydrogen-bond donors (Lipinski definition) is 2. The Hall–Kier alpha value is -2.99. The Morgan fingerprint density at radius 2 is 1.50 bits per heavy atom. The molecule has 6 nitrogen and oxygen atoms in total. The quantitative estimate of drug-likeness (QED) is 0.570. The van der Waals surface area contributed by atoms with Crippen LogP contribution in [0, 0.1) is 11.8 Å². The van der Waals surface area contributed by atoms with E-state index in [4.69, 9.17) is 0 Å². The van der Waals surface area contributed by atoms with Gasteiger partial charge in [0.15, 0.2) is 0 Å². The predicted octanol–water partition coefficient (Wildman–Crippen LogP) is 2.41. The summed E-state index contributed by atoms with van der Waals surface area (Å²) < 4.78 is 0. The van der Waals surface area contributed by atoms with Gasteiger partial charge >= 0.3 is 0 Å². The van der Waals surface area contributed by atoms with Crippen LogP contribution in [0.15, 0.2) is 60.7 Å². The first kappa shape index (κ1) is 20.3. The molecule has 0 aromatic heterocycles. The first-order valence-electron chi connectivity index (χ1n) is 10.4. The summed E-state index contributed by atoms with van der Waals surface area (Å²) in [5.41, 5.74) is 0.397. The first-order chi connectivity index (χ1) is 14.5. The maximum absolute atomic E-state index is 13.3. The van der Waals surface area contributed by atoms with Crippen molar-refractivity contribution in [1.29, 1.82) is 0 Å². The largest absolute Gasteiger partial charge is 0.389 e. The van der Waals surface area contributed by atoms with Gasteiger partial charge in [-0.2, -0.15) is 0 Å². The van der Waals surface area contributed by atoms with Gasteiger partial charge in [-0.25, -0.2) is 0 Å². The SMILES string of the molecule is O=C(NCc1ccccc1)[C@H]1C(=O)N(Cc2ccccc2)C(=O)[C@@H]1C1(O)CCCC1. The third-order valence-corrected chi connectivity index (χ3v) is 6.22. The highest BCUT2D eigenvalue weighted by Gasteiger charge is 2.59. The molecule has 2 atom stereocenters. The number of rotatable bonds is 6. The van der Waals surface area contributed by atoms with E-state index in [0.29, 0.717) is 12.8 Å². The van der Waals surface area contributed by atoms with Crippen molar-refractivity contribution in [1.82, 2.24) is 10.2 Å². The van der Waals surface area contributed by atoms with E-state index < -0.39 is 35.2 Å². The lowest BCUT2D eigenvalue weighted by molar-refractivity contribution is -0.143. The Kier molecular flexibility index (Phi) is 5.68. The van der Waals surface area contributed by atoms with Gasteiger partial charge in [0.05, 0.1) is 18.1 Å². The van der Waals surface area contributed by atoms with Gasteiger partial charge in [0.1, 0.15) is 5.92 Å². The van der Waals surface area contributed by atoms with Crippen LogP contribution in [0.25, 0.3) is 0 Å². The highest BCUT2D eigenvalue weighted by molar-refractivity contribution is 6.15. The van der Waals surface area contributed by atoms with E-state index in [0.717, 1.165) is 28.9 Å². The molecule has 6 heteroatoms. The lowest BCUT2D eigenvalue weighted by Crippen LogP contribution is -2.47. The number of amides is 3. The summed E-state index contributed by atoms with van der Waals surface area (Å²) in [6.45, 7) is 0.370. The molecular weight excluding hydrogens is 380 g/mol. The van der Waals surface area contributed by atoms with E-state index in [2.05, 4.69) is 5.32 Å².